The summed E-state index contributed by atoms with van der Waals surface area (Å²) >= 11 is 0. The Hall–Kier alpha value is -3.14. The molecule has 0 fully saturated rings. The molecule has 8 bridgehead atoms. The van der Waals surface area contributed by atoms with Crippen LogP contribution in [-0.2, 0) is 12.8 Å². The van der Waals surface area contributed by atoms with Crippen LogP contribution >= 0.6 is 0 Å². The van der Waals surface area contributed by atoms with Crippen molar-refractivity contribution in [1.29, 1.82) is 0 Å². The van der Waals surface area contributed by atoms with E-state index in [-0.39, 0.29) is 6.04 Å². The highest BCUT2D eigenvalue weighted by Gasteiger charge is 2.27. The van der Waals surface area contributed by atoms with Crippen molar-refractivity contribution in [3.05, 3.63) is 78.9 Å². The summed E-state index contributed by atoms with van der Waals surface area (Å²) in [7, 11) is 0. The fourth-order valence-electron chi connectivity index (χ4n) is 6.81. The molecule has 0 saturated carbocycles. The minimum atomic E-state index is 0.258. The first-order valence-electron chi connectivity index (χ1n) is 15.0. The van der Waals surface area contributed by atoms with Gasteiger partial charge in [0.25, 0.3) is 0 Å². The summed E-state index contributed by atoms with van der Waals surface area (Å²) in [6.07, 6.45) is 17.4. The van der Waals surface area contributed by atoms with E-state index in [1.807, 2.05) is 0 Å². The van der Waals surface area contributed by atoms with Gasteiger partial charge in [-0.25, -0.2) is 9.98 Å². The van der Waals surface area contributed by atoms with E-state index in [9.17, 15) is 0 Å². The van der Waals surface area contributed by atoms with Gasteiger partial charge in [0, 0.05) is 16.4 Å². The number of hydrogen-bond acceptors (Lipinski definition) is 3. The number of aromatic nitrogens is 1. The maximum absolute atomic E-state index is 5.26. The number of H-pyrrole nitrogens is 1. The zero-order chi connectivity index (χ0) is 27.0. The molecule has 0 aliphatic carbocycles. The summed E-state index contributed by atoms with van der Waals surface area (Å²) in [5.41, 5.74) is 15.6. The van der Waals surface area contributed by atoms with E-state index in [1.54, 1.807) is 0 Å². The predicted octanol–water partition coefficient (Wildman–Crippen LogP) is 6.65. The predicted molar refractivity (Wildman–Crippen MR) is 163 cm³/mol. The third-order valence-electron chi connectivity index (χ3n) is 8.67. The minimum absolute atomic E-state index is 0.258. The second kappa shape index (κ2) is 10.9. The molecule has 0 spiro atoms. The van der Waals surface area contributed by atoms with Crippen molar-refractivity contribution >= 4 is 23.6 Å². The summed E-state index contributed by atoms with van der Waals surface area (Å²) in [6.45, 7) is 15.9. The summed E-state index contributed by atoms with van der Waals surface area (Å²) in [4.78, 5) is 14.3. The van der Waals surface area contributed by atoms with Crippen LogP contribution in [0.2, 0.25) is 0 Å². The number of aromatic amines is 1. The van der Waals surface area contributed by atoms with Crippen molar-refractivity contribution < 1.29 is 0 Å². The molecule has 38 heavy (non-hydrogen) atoms. The highest BCUT2D eigenvalue weighted by molar-refractivity contribution is 6.24. The molecule has 200 valence electrons. The molecule has 5 heterocycles. The highest BCUT2D eigenvalue weighted by atomic mass is 15.0. The van der Waals surface area contributed by atoms with E-state index in [0.29, 0.717) is 0 Å². The molecule has 0 saturated heterocycles. The fourth-order valence-corrected chi connectivity index (χ4v) is 6.81. The Labute approximate surface area is 228 Å². The van der Waals surface area contributed by atoms with E-state index in [2.05, 4.69) is 83.1 Å². The standard InChI is InChI=1S/C34H44N4/c1-8-20-15-21-16-29-22(9-2)23(10-3)31(36-29)18-33-26(13-6)27(14-7)34(38-33)19-32-25(12-5)24(11-4)30(37-32)17-28(20)35-21/h16-19,21,35,38H,8-15H2,1-7H3. The first kappa shape index (κ1) is 26.5. The van der Waals surface area contributed by atoms with Crippen molar-refractivity contribution in [2.75, 3.05) is 0 Å². The largest absolute Gasteiger partial charge is 0.378 e. The molecule has 0 amide bonds. The lowest BCUT2D eigenvalue weighted by Gasteiger charge is -2.11. The molecule has 4 nitrogen and oxygen atoms in total. The van der Waals surface area contributed by atoms with Crippen molar-refractivity contribution in [3.63, 3.8) is 0 Å². The molecular weight excluding hydrogens is 464 g/mol. The van der Waals surface area contributed by atoms with Gasteiger partial charge in [-0.3, -0.25) is 0 Å². The molecule has 1 atom stereocenters. The van der Waals surface area contributed by atoms with Gasteiger partial charge < -0.3 is 10.3 Å². The lowest BCUT2D eigenvalue weighted by molar-refractivity contribution is 0.726. The summed E-state index contributed by atoms with van der Waals surface area (Å²) in [6, 6.07) is 0.258. The number of rotatable bonds is 7. The maximum atomic E-state index is 5.26. The third kappa shape index (κ3) is 4.42. The van der Waals surface area contributed by atoms with Gasteiger partial charge in [-0.1, -0.05) is 48.5 Å². The Balaban J connectivity index is 1.84. The van der Waals surface area contributed by atoms with Crippen LogP contribution < -0.4 is 16.0 Å². The summed E-state index contributed by atoms with van der Waals surface area (Å²) in [5, 5.41) is 6.25. The van der Waals surface area contributed by atoms with E-state index in [0.717, 1.165) is 74.2 Å². The molecule has 4 aliphatic rings. The molecule has 2 N–H and O–H groups in total. The van der Waals surface area contributed by atoms with Gasteiger partial charge in [0.1, 0.15) is 0 Å². The Kier molecular flexibility index (Phi) is 7.61. The first-order valence-corrected chi connectivity index (χ1v) is 15.0. The monoisotopic (exact) mass is 508 g/mol. The van der Waals surface area contributed by atoms with E-state index < -0.39 is 0 Å². The lowest BCUT2D eigenvalue weighted by Crippen LogP contribution is -2.20. The van der Waals surface area contributed by atoms with Crippen molar-refractivity contribution in [1.82, 2.24) is 10.3 Å². The van der Waals surface area contributed by atoms with Crippen LogP contribution in [0.1, 0.15) is 98.1 Å². The van der Waals surface area contributed by atoms with E-state index in [1.165, 1.54) is 55.4 Å². The minimum Gasteiger partial charge on any atom is -0.378 e. The third-order valence-corrected chi connectivity index (χ3v) is 8.67. The number of aliphatic imine (C=N–C) groups is 2. The molecule has 0 radical (unpaired) electrons. The van der Waals surface area contributed by atoms with Crippen LogP contribution in [0.25, 0.3) is 12.2 Å². The second-order valence-electron chi connectivity index (χ2n) is 10.6. The SMILES string of the molecule is CCC1=C2C=C3N=C(C=c4[nH]c(c(CC)c4CC)=CC4=NC(=CC(C1)N2)C(CC)=C4CC)C(CC)=C3CC. The maximum Gasteiger partial charge on any atom is 0.0693 e. The van der Waals surface area contributed by atoms with Crippen LogP contribution in [0.3, 0.4) is 0 Å². The number of nitrogens with one attached hydrogen (secondary N) is 2. The van der Waals surface area contributed by atoms with Crippen LogP contribution in [0, 0.1) is 0 Å². The molecule has 1 unspecified atom stereocenters. The van der Waals surface area contributed by atoms with Gasteiger partial charge in [0.05, 0.1) is 28.9 Å². The Bertz CT molecular complexity index is 1490. The quantitative estimate of drug-likeness (QED) is 0.426. The lowest BCUT2D eigenvalue weighted by atomic mass is 9.97. The van der Waals surface area contributed by atoms with Gasteiger partial charge >= 0.3 is 0 Å². The fraction of sp³-hybridized carbons (Fsp3) is 0.471. The van der Waals surface area contributed by atoms with Crippen LogP contribution in [0.15, 0.2) is 67.1 Å². The average Bonchev–Trinajstić information content (AvgIpc) is 3.65. The van der Waals surface area contributed by atoms with Gasteiger partial charge in [-0.15, -0.1) is 0 Å². The topological polar surface area (TPSA) is 52.5 Å². The van der Waals surface area contributed by atoms with Crippen molar-refractivity contribution in [2.24, 2.45) is 9.98 Å². The van der Waals surface area contributed by atoms with Crippen LogP contribution in [0.5, 0.6) is 0 Å². The molecule has 5 rings (SSSR count). The smallest absolute Gasteiger partial charge is 0.0693 e. The zero-order valence-corrected chi connectivity index (χ0v) is 24.4. The second-order valence-corrected chi connectivity index (χ2v) is 10.6. The van der Waals surface area contributed by atoms with Crippen LogP contribution in [0.4, 0.5) is 0 Å². The van der Waals surface area contributed by atoms with Crippen molar-refractivity contribution in [2.45, 2.75) is 106 Å². The van der Waals surface area contributed by atoms with Crippen molar-refractivity contribution in [3.8, 4) is 0 Å². The number of allylic oxidation sites excluding steroid dienone is 5. The van der Waals surface area contributed by atoms with Crippen LogP contribution in [-0.4, -0.2) is 22.4 Å². The Morgan fingerprint density at radius 1 is 0.632 bits per heavy atom. The highest BCUT2D eigenvalue weighted by Crippen LogP contribution is 2.35. The molecular formula is C34H44N4. The average molecular weight is 509 g/mol. The molecule has 4 aliphatic heterocycles. The number of nitrogens with zero attached hydrogens (tertiary/aromatic N) is 2. The molecule has 1 aromatic heterocycles. The van der Waals surface area contributed by atoms with Gasteiger partial charge in [-0.05, 0) is 115 Å². The van der Waals surface area contributed by atoms with Gasteiger partial charge in [0.2, 0.25) is 0 Å². The summed E-state index contributed by atoms with van der Waals surface area (Å²) < 4.78 is 0. The molecule has 4 heteroatoms. The number of hydrogen-bond donors (Lipinski definition) is 2. The van der Waals surface area contributed by atoms with Gasteiger partial charge in [0.15, 0.2) is 0 Å². The zero-order valence-electron chi connectivity index (χ0n) is 24.4. The number of fused-ring (bicyclic) bond motifs is 6. The normalized spacial score (nSPS) is 20.8. The van der Waals surface area contributed by atoms with E-state index >= 15 is 0 Å². The first-order chi connectivity index (χ1) is 18.5. The van der Waals surface area contributed by atoms with E-state index in [4.69, 9.17) is 9.98 Å². The summed E-state index contributed by atoms with van der Waals surface area (Å²) in [5.74, 6) is 0. The molecule has 1 aromatic rings. The Morgan fingerprint density at radius 2 is 1.16 bits per heavy atom. The molecule has 0 aromatic carbocycles. The van der Waals surface area contributed by atoms with Gasteiger partial charge in [-0.2, -0.15) is 0 Å². The Morgan fingerprint density at radius 3 is 1.66 bits per heavy atom.